The molecule has 1 atom stereocenters. The molecule has 4 nitrogen and oxygen atoms in total. The summed E-state index contributed by atoms with van der Waals surface area (Å²) in [6.07, 6.45) is 0. The molecule has 1 aromatic carbocycles. The monoisotopic (exact) mass is 283 g/mol. The molecule has 0 amide bonds. The fourth-order valence-electron chi connectivity index (χ4n) is 2.08. The second-order valence-electron chi connectivity index (χ2n) is 5.63. The largest absolute Gasteiger partial charge is 0.379 e. The van der Waals surface area contributed by atoms with Gasteiger partial charge >= 0.3 is 7.52 Å². The molecule has 0 saturated carbocycles. The van der Waals surface area contributed by atoms with Crippen molar-refractivity contribution in [3.8, 4) is 0 Å². The molecule has 106 valence electrons. The molecule has 0 spiro atoms. The maximum Gasteiger partial charge on any atom is 0.302 e. The zero-order valence-electron chi connectivity index (χ0n) is 11.8. The van der Waals surface area contributed by atoms with E-state index >= 15 is 0 Å². The molecule has 0 bridgehead atoms. The molecule has 0 N–H and O–H groups in total. The van der Waals surface area contributed by atoms with Crippen molar-refractivity contribution >= 4 is 12.8 Å². The van der Waals surface area contributed by atoms with Gasteiger partial charge in [0.05, 0.1) is 24.1 Å². The van der Waals surface area contributed by atoms with E-state index in [4.69, 9.17) is 9.26 Å². The van der Waals surface area contributed by atoms with Crippen LogP contribution in [0.2, 0.25) is 0 Å². The highest BCUT2D eigenvalue weighted by Gasteiger charge is 2.38. The molecular formula is C14H22NO3P. The Labute approximate surface area is 115 Å². The van der Waals surface area contributed by atoms with Gasteiger partial charge in [0.1, 0.15) is 0 Å². The van der Waals surface area contributed by atoms with E-state index in [9.17, 15) is 4.57 Å². The third-order valence-electron chi connectivity index (χ3n) is 2.84. The minimum atomic E-state index is -3.02. The van der Waals surface area contributed by atoms with E-state index in [0.29, 0.717) is 26.3 Å². The maximum absolute atomic E-state index is 13.4. The first kappa shape index (κ1) is 14.7. The molecule has 5 heteroatoms. The van der Waals surface area contributed by atoms with E-state index in [-0.39, 0.29) is 0 Å². The highest BCUT2D eigenvalue weighted by atomic mass is 31.2. The summed E-state index contributed by atoms with van der Waals surface area (Å²) in [4.78, 5) is 0. The van der Waals surface area contributed by atoms with Gasteiger partial charge in [-0.2, -0.15) is 0 Å². The summed E-state index contributed by atoms with van der Waals surface area (Å²) in [6, 6.07) is 9.47. The average Bonchev–Trinajstić information content (AvgIpc) is 2.39. The third-order valence-corrected chi connectivity index (χ3v) is 5.73. The second-order valence-corrected chi connectivity index (χ2v) is 7.93. The van der Waals surface area contributed by atoms with Crippen LogP contribution in [0.3, 0.4) is 0 Å². The van der Waals surface area contributed by atoms with Crippen LogP contribution in [-0.4, -0.2) is 36.6 Å². The molecule has 1 unspecified atom stereocenters. The number of morpholine rings is 1. The molecule has 1 heterocycles. The first-order valence-corrected chi connectivity index (χ1v) is 8.19. The lowest BCUT2D eigenvalue weighted by Gasteiger charge is -2.37. The number of hydrogen-bond donors (Lipinski definition) is 0. The van der Waals surface area contributed by atoms with Gasteiger partial charge in [-0.15, -0.1) is 0 Å². The van der Waals surface area contributed by atoms with Crippen LogP contribution in [0, 0.1) is 0 Å². The van der Waals surface area contributed by atoms with Gasteiger partial charge in [-0.25, -0.2) is 4.67 Å². The first-order valence-electron chi connectivity index (χ1n) is 6.61. The van der Waals surface area contributed by atoms with Crippen LogP contribution in [-0.2, 0) is 13.8 Å². The molecule has 1 aliphatic heterocycles. The minimum absolute atomic E-state index is 0.455. The molecule has 19 heavy (non-hydrogen) atoms. The molecule has 1 fully saturated rings. The van der Waals surface area contributed by atoms with Gasteiger partial charge in [-0.3, -0.25) is 4.57 Å². The van der Waals surface area contributed by atoms with E-state index in [1.165, 1.54) is 0 Å². The van der Waals surface area contributed by atoms with Crippen LogP contribution < -0.4 is 5.30 Å². The topological polar surface area (TPSA) is 38.8 Å². The summed E-state index contributed by atoms with van der Waals surface area (Å²) in [5.41, 5.74) is -0.455. The Morgan fingerprint density at radius 1 is 1.16 bits per heavy atom. The normalized spacial score (nSPS) is 21.0. The van der Waals surface area contributed by atoms with E-state index < -0.39 is 13.1 Å². The summed E-state index contributed by atoms with van der Waals surface area (Å²) in [6.45, 7) is 8.29. The minimum Gasteiger partial charge on any atom is -0.379 e. The number of rotatable bonds is 3. The molecule has 1 saturated heterocycles. The van der Waals surface area contributed by atoms with Crippen molar-refractivity contribution in [3.05, 3.63) is 30.3 Å². The zero-order valence-corrected chi connectivity index (χ0v) is 12.7. The fourth-order valence-corrected chi connectivity index (χ4v) is 4.61. The van der Waals surface area contributed by atoms with Gasteiger partial charge < -0.3 is 9.26 Å². The van der Waals surface area contributed by atoms with Crippen molar-refractivity contribution in [2.24, 2.45) is 0 Å². The predicted molar refractivity (Wildman–Crippen MR) is 76.9 cm³/mol. The standard InChI is InChI=1S/C14H22NO3P/c1-14(2,3)18-19(16,13-7-5-4-6-8-13)15-9-11-17-12-10-15/h4-8H,9-12H2,1-3H3. The number of hydrogen-bond acceptors (Lipinski definition) is 3. The van der Waals surface area contributed by atoms with Crippen molar-refractivity contribution in [2.75, 3.05) is 26.3 Å². The van der Waals surface area contributed by atoms with Gasteiger partial charge in [-0.05, 0) is 32.9 Å². The maximum atomic E-state index is 13.4. The van der Waals surface area contributed by atoms with Crippen molar-refractivity contribution < 1.29 is 13.8 Å². The van der Waals surface area contributed by atoms with Crippen LogP contribution in [0.5, 0.6) is 0 Å². The smallest absolute Gasteiger partial charge is 0.302 e. The molecule has 2 rings (SSSR count). The Morgan fingerprint density at radius 2 is 1.74 bits per heavy atom. The van der Waals surface area contributed by atoms with Gasteiger partial charge in [-0.1, -0.05) is 18.2 Å². The van der Waals surface area contributed by atoms with Gasteiger partial charge in [0.15, 0.2) is 0 Å². The number of nitrogens with zero attached hydrogens (tertiary/aromatic N) is 1. The average molecular weight is 283 g/mol. The Hall–Kier alpha value is -0.670. The Morgan fingerprint density at radius 3 is 2.26 bits per heavy atom. The van der Waals surface area contributed by atoms with Crippen LogP contribution in [0.15, 0.2) is 30.3 Å². The summed E-state index contributed by atoms with van der Waals surface area (Å²) >= 11 is 0. The number of ether oxygens (including phenoxy) is 1. The van der Waals surface area contributed by atoms with Crippen LogP contribution in [0.1, 0.15) is 20.8 Å². The Kier molecular flexibility index (Phi) is 4.46. The lowest BCUT2D eigenvalue weighted by Crippen LogP contribution is -2.39. The Balaban J connectivity index is 2.35. The lowest BCUT2D eigenvalue weighted by molar-refractivity contribution is 0.0538. The van der Waals surface area contributed by atoms with Crippen molar-refractivity contribution in [1.29, 1.82) is 0 Å². The summed E-state index contributed by atoms with van der Waals surface area (Å²) in [5.74, 6) is 0. The SMILES string of the molecule is CC(C)(C)OP(=O)(c1ccccc1)N1CCOCC1. The van der Waals surface area contributed by atoms with E-state index in [1.54, 1.807) is 0 Å². The van der Waals surface area contributed by atoms with Gasteiger partial charge in [0, 0.05) is 13.1 Å². The summed E-state index contributed by atoms with van der Waals surface area (Å²) < 4.78 is 26.7. The van der Waals surface area contributed by atoms with Crippen LogP contribution >= 0.6 is 7.52 Å². The molecule has 1 aliphatic rings. The summed E-state index contributed by atoms with van der Waals surface area (Å²) in [7, 11) is -3.02. The van der Waals surface area contributed by atoms with E-state index in [1.807, 2.05) is 55.8 Å². The van der Waals surface area contributed by atoms with Crippen molar-refractivity contribution in [3.63, 3.8) is 0 Å². The first-order chi connectivity index (χ1) is 8.92. The molecule has 0 aromatic heterocycles. The second kappa shape index (κ2) is 5.76. The quantitative estimate of drug-likeness (QED) is 0.799. The highest BCUT2D eigenvalue weighted by molar-refractivity contribution is 7.64. The van der Waals surface area contributed by atoms with Crippen molar-refractivity contribution in [2.45, 2.75) is 26.4 Å². The van der Waals surface area contributed by atoms with E-state index in [2.05, 4.69) is 0 Å². The molecule has 1 aromatic rings. The number of benzene rings is 1. The molecule has 0 aliphatic carbocycles. The van der Waals surface area contributed by atoms with Crippen LogP contribution in [0.25, 0.3) is 0 Å². The van der Waals surface area contributed by atoms with Crippen molar-refractivity contribution in [1.82, 2.24) is 4.67 Å². The van der Waals surface area contributed by atoms with Crippen LogP contribution in [0.4, 0.5) is 0 Å². The highest BCUT2D eigenvalue weighted by Crippen LogP contribution is 2.52. The zero-order chi connectivity index (χ0) is 13.9. The lowest BCUT2D eigenvalue weighted by atomic mass is 10.2. The predicted octanol–water partition coefficient (Wildman–Crippen LogP) is 2.65. The van der Waals surface area contributed by atoms with Gasteiger partial charge in [0.2, 0.25) is 0 Å². The molecular weight excluding hydrogens is 261 g/mol. The summed E-state index contributed by atoms with van der Waals surface area (Å²) in [5, 5.41) is 0.756. The van der Waals surface area contributed by atoms with Gasteiger partial charge in [0.25, 0.3) is 0 Å². The molecule has 0 radical (unpaired) electrons. The Bertz CT molecular complexity index is 450. The fraction of sp³-hybridized carbons (Fsp3) is 0.571. The third kappa shape index (κ3) is 3.67. The van der Waals surface area contributed by atoms with E-state index in [0.717, 1.165) is 5.30 Å².